The zero-order chi connectivity index (χ0) is 13.1. The summed E-state index contributed by atoms with van der Waals surface area (Å²) in [5, 5.41) is 8.62. The molecule has 100 valence electrons. The number of nitrogens with zero attached hydrogens (tertiary/aromatic N) is 3. The molecule has 1 fully saturated rings. The number of halogens is 1. The van der Waals surface area contributed by atoms with E-state index in [0.29, 0.717) is 5.92 Å². The van der Waals surface area contributed by atoms with Crippen LogP contribution in [0.2, 0.25) is 0 Å². The number of benzene rings is 1. The minimum Gasteiger partial charge on any atom is -0.217 e. The molecule has 0 radical (unpaired) electrons. The quantitative estimate of drug-likeness (QED) is 0.614. The first-order chi connectivity index (χ1) is 9.34. The molecule has 0 spiro atoms. The van der Waals surface area contributed by atoms with E-state index in [2.05, 4.69) is 22.4 Å². The summed E-state index contributed by atoms with van der Waals surface area (Å²) in [7, 11) is 0. The Morgan fingerprint density at radius 2 is 1.89 bits per heavy atom. The van der Waals surface area contributed by atoms with Crippen molar-refractivity contribution in [1.82, 2.24) is 15.0 Å². The van der Waals surface area contributed by atoms with Gasteiger partial charge in [0, 0.05) is 11.3 Å². The second-order valence-corrected chi connectivity index (χ2v) is 5.84. The molecule has 1 aliphatic rings. The van der Waals surface area contributed by atoms with Crippen LogP contribution in [0.3, 0.4) is 0 Å². The minimum absolute atomic E-state index is 0.284. The molecule has 1 aromatic carbocycles. The molecule has 3 rings (SSSR count). The van der Waals surface area contributed by atoms with Gasteiger partial charge in [-0.1, -0.05) is 36.3 Å². The summed E-state index contributed by atoms with van der Waals surface area (Å²) in [6.45, 7) is 0. The normalized spacial score (nSPS) is 24.1. The average molecular weight is 276 g/mol. The molecule has 0 bridgehead atoms. The van der Waals surface area contributed by atoms with E-state index in [1.54, 1.807) is 0 Å². The molecular formula is C15H18ClN3. The van der Waals surface area contributed by atoms with Crippen molar-refractivity contribution >= 4 is 11.6 Å². The molecule has 2 atom stereocenters. The first kappa shape index (κ1) is 12.7. The number of rotatable bonds is 2. The fourth-order valence-corrected chi connectivity index (χ4v) is 3.23. The molecule has 1 saturated carbocycles. The van der Waals surface area contributed by atoms with Crippen LogP contribution >= 0.6 is 11.6 Å². The smallest absolute Gasteiger partial charge is 0.0732 e. The molecule has 1 aliphatic carbocycles. The van der Waals surface area contributed by atoms with Crippen molar-refractivity contribution in [2.24, 2.45) is 0 Å². The first-order valence-electron chi connectivity index (χ1n) is 6.94. The van der Waals surface area contributed by atoms with Gasteiger partial charge in [-0.15, -0.1) is 16.7 Å². The summed E-state index contributed by atoms with van der Waals surface area (Å²) in [4.78, 5) is 0. The maximum Gasteiger partial charge on any atom is 0.0732 e. The maximum absolute atomic E-state index is 6.38. The van der Waals surface area contributed by atoms with Crippen LogP contribution in [0, 0.1) is 0 Å². The number of para-hydroxylation sites is 1. The monoisotopic (exact) mass is 275 g/mol. The molecule has 0 aliphatic heterocycles. The van der Waals surface area contributed by atoms with Crippen molar-refractivity contribution in [2.75, 3.05) is 0 Å². The van der Waals surface area contributed by atoms with E-state index < -0.39 is 0 Å². The Labute approximate surface area is 118 Å². The molecule has 4 heteroatoms. The van der Waals surface area contributed by atoms with Crippen molar-refractivity contribution in [3.05, 3.63) is 42.2 Å². The van der Waals surface area contributed by atoms with Gasteiger partial charge in [0.05, 0.1) is 17.6 Å². The molecule has 1 aromatic heterocycles. The first-order valence-corrected chi connectivity index (χ1v) is 7.38. The third-order valence-corrected chi connectivity index (χ3v) is 4.25. The Morgan fingerprint density at radius 3 is 2.74 bits per heavy atom. The second-order valence-electron chi connectivity index (χ2n) is 5.22. The van der Waals surface area contributed by atoms with Crippen LogP contribution in [-0.4, -0.2) is 20.4 Å². The van der Waals surface area contributed by atoms with Crippen molar-refractivity contribution in [3.63, 3.8) is 0 Å². The highest BCUT2D eigenvalue weighted by Crippen LogP contribution is 2.34. The summed E-state index contributed by atoms with van der Waals surface area (Å²) in [6, 6.07) is 10.2. The van der Waals surface area contributed by atoms with Gasteiger partial charge in [0.15, 0.2) is 0 Å². The molecule has 2 aromatic rings. The van der Waals surface area contributed by atoms with E-state index in [9.17, 15) is 0 Å². The molecular weight excluding hydrogens is 258 g/mol. The number of aromatic nitrogens is 3. The highest BCUT2D eigenvalue weighted by atomic mass is 35.5. The van der Waals surface area contributed by atoms with Gasteiger partial charge in [0.25, 0.3) is 0 Å². The van der Waals surface area contributed by atoms with Crippen LogP contribution in [0.1, 0.15) is 43.7 Å². The topological polar surface area (TPSA) is 30.7 Å². The largest absolute Gasteiger partial charge is 0.217 e. The van der Waals surface area contributed by atoms with E-state index in [1.165, 1.54) is 25.0 Å². The van der Waals surface area contributed by atoms with Gasteiger partial charge in [-0.2, -0.15) is 0 Å². The zero-order valence-corrected chi connectivity index (χ0v) is 11.6. The number of hydrogen-bond donors (Lipinski definition) is 0. The lowest BCUT2D eigenvalue weighted by Gasteiger charge is -2.17. The van der Waals surface area contributed by atoms with Gasteiger partial charge >= 0.3 is 0 Å². The predicted molar refractivity (Wildman–Crippen MR) is 76.8 cm³/mol. The Hall–Kier alpha value is -1.35. The third-order valence-electron chi connectivity index (χ3n) is 3.85. The molecule has 2 unspecified atom stereocenters. The van der Waals surface area contributed by atoms with E-state index >= 15 is 0 Å². The fraction of sp³-hybridized carbons (Fsp3) is 0.467. The van der Waals surface area contributed by atoms with Gasteiger partial charge < -0.3 is 0 Å². The zero-order valence-electron chi connectivity index (χ0n) is 10.9. The maximum atomic E-state index is 6.38. The summed E-state index contributed by atoms with van der Waals surface area (Å²) in [5.41, 5.74) is 2.27. The standard InChI is InChI=1S/C15H18ClN3/c16-13-7-5-4-6-12(10-13)15-11-17-18-19(15)14-8-2-1-3-9-14/h1-3,8-9,11-13H,4-7,10H2. The van der Waals surface area contributed by atoms with Crippen molar-refractivity contribution < 1.29 is 0 Å². The van der Waals surface area contributed by atoms with Gasteiger partial charge in [0.2, 0.25) is 0 Å². The van der Waals surface area contributed by atoms with E-state index in [0.717, 1.165) is 18.5 Å². The van der Waals surface area contributed by atoms with Crippen molar-refractivity contribution in [2.45, 2.75) is 43.4 Å². The van der Waals surface area contributed by atoms with Gasteiger partial charge in [0.1, 0.15) is 0 Å². The Bertz CT molecular complexity index is 523. The lowest BCUT2D eigenvalue weighted by molar-refractivity contribution is 0.560. The Kier molecular flexibility index (Phi) is 3.83. The number of hydrogen-bond acceptors (Lipinski definition) is 2. The Morgan fingerprint density at radius 1 is 1.11 bits per heavy atom. The lowest BCUT2D eigenvalue weighted by atomic mass is 9.97. The molecule has 0 N–H and O–H groups in total. The molecule has 3 nitrogen and oxygen atoms in total. The molecule has 19 heavy (non-hydrogen) atoms. The SMILES string of the molecule is ClC1CCCCC(c2cnnn2-c2ccccc2)C1. The van der Waals surface area contributed by atoms with Crippen LogP contribution in [0.25, 0.3) is 5.69 Å². The summed E-state index contributed by atoms with van der Waals surface area (Å²) >= 11 is 6.38. The summed E-state index contributed by atoms with van der Waals surface area (Å²) in [5.74, 6) is 0.472. The number of alkyl halides is 1. The molecule has 1 heterocycles. The highest BCUT2D eigenvalue weighted by molar-refractivity contribution is 6.20. The van der Waals surface area contributed by atoms with Crippen LogP contribution in [-0.2, 0) is 0 Å². The summed E-state index contributed by atoms with van der Waals surface area (Å²) < 4.78 is 1.96. The van der Waals surface area contributed by atoms with Crippen LogP contribution < -0.4 is 0 Å². The predicted octanol–water partition coefficient (Wildman–Crippen LogP) is 3.92. The van der Waals surface area contributed by atoms with Crippen LogP contribution in [0.5, 0.6) is 0 Å². The minimum atomic E-state index is 0.284. The third kappa shape index (κ3) is 2.81. The van der Waals surface area contributed by atoms with Gasteiger partial charge in [-0.25, -0.2) is 4.68 Å². The van der Waals surface area contributed by atoms with E-state index in [-0.39, 0.29) is 5.38 Å². The van der Waals surface area contributed by atoms with Crippen LogP contribution in [0.15, 0.2) is 36.5 Å². The second kappa shape index (κ2) is 5.74. The van der Waals surface area contributed by atoms with Crippen molar-refractivity contribution in [1.29, 1.82) is 0 Å². The lowest BCUT2D eigenvalue weighted by Crippen LogP contribution is -2.10. The molecule has 0 saturated heterocycles. The van der Waals surface area contributed by atoms with E-state index in [4.69, 9.17) is 11.6 Å². The average Bonchev–Trinajstić information content (AvgIpc) is 2.83. The fourth-order valence-electron chi connectivity index (χ4n) is 2.86. The van der Waals surface area contributed by atoms with Gasteiger partial charge in [-0.3, -0.25) is 0 Å². The highest BCUT2D eigenvalue weighted by Gasteiger charge is 2.23. The van der Waals surface area contributed by atoms with Crippen molar-refractivity contribution in [3.8, 4) is 5.69 Å². The van der Waals surface area contributed by atoms with Crippen LogP contribution in [0.4, 0.5) is 0 Å². The summed E-state index contributed by atoms with van der Waals surface area (Å²) in [6.07, 6.45) is 7.72. The van der Waals surface area contributed by atoms with E-state index in [1.807, 2.05) is 29.1 Å². The Balaban J connectivity index is 1.91. The molecule has 0 amide bonds. The van der Waals surface area contributed by atoms with Gasteiger partial charge in [-0.05, 0) is 31.4 Å².